The van der Waals surface area contributed by atoms with E-state index < -0.39 is 8.56 Å². The predicted molar refractivity (Wildman–Crippen MR) is 73.0 cm³/mol. The first-order chi connectivity index (χ1) is 7.08. The van der Waals surface area contributed by atoms with Gasteiger partial charge in [0.05, 0.1) is 0 Å². The van der Waals surface area contributed by atoms with Gasteiger partial charge in [-0.15, -0.1) is 0 Å². The van der Waals surface area contributed by atoms with Crippen molar-refractivity contribution in [2.75, 3.05) is 13.2 Å². The summed E-state index contributed by atoms with van der Waals surface area (Å²) in [5.41, 5.74) is 0.254. The van der Waals surface area contributed by atoms with Crippen LogP contribution in [-0.2, 0) is 8.85 Å². The first-order valence-corrected chi connectivity index (χ1v) is 8.38. The minimum Gasteiger partial charge on any atom is -0.394 e. The standard InChI is InChI=1S/C13H30O2Si/c1-9-14-16(15-10-2,13(6,7)8)11-12(3,4)5/h9-11H2,1-8H3. The first kappa shape index (κ1) is 16.1. The van der Waals surface area contributed by atoms with Gasteiger partial charge in [-0.1, -0.05) is 41.5 Å². The van der Waals surface area contributed by atoms with Crippen LogP contribution in [-0.4, -0.2) is 21.8 Å². The molecule has 0 aromatic heterocycles. The Morgan fingerprint density at radius 2 is 1.19 bits per heavy atom. The maximum atomic E-state index is 6.13. The molecule has 0 bridgehead atoms. The van der Waals surface area contributed by atoms with Crippen molar-refractivity contribution < 1.29 is 8.85 Å². The zero-order chi connectivity index (χ0) is 13.0. The minimum atomic E-state index is -2.13. The van der Waals surface area contributed by atoms with Crippen LogP contribution < -0.4 is 0 Å². The molecule has 0 saturated heterocycles. The van der Waals surface area contributed by atoms with Crippen molar-refractivity contribution >= 4 is 8.56 Å². The van der Waals surface area contributed by atoms with Crippen LogP contribution in [0.15, 0.2) is 0 Å². The molecule has 0 N–H and O–H groups in total. The van der Waals surface area contributed by atoms with Gasteiger partial charge in [-0.25, -0.2) is 0 Å². The highest BCUT2D eigenvalue weighted by atomic mass is 28.4. The molecule has 0 amide bonds. The van der Waals surface area contributed by atoms with Crippen LogP contribution in [0.25, 0.3) is 0 Å². The van der Waals surface area contributed by atoms with E-state index in [9.17, 15) is 0 Å². The van der Waals surface area contributed by atoms with Crippen molar-refractivity contribution in [2.24, 2.45) is 5.41 Å². The van der Waals surface area contributed by atoms with Crippen LogP contribution in [0.3, 0.4) is 0 Å². The number of rotatable bonds is 5. The Morgan fingerprint density at radius 3 is 1.38 bits per heavy atom. The van der Waals surface area contributed by atoms with Gasteiger partial charge >= 0.3 is 8.56 Å². The van der Waals surface area contributed by atoms with Crippen LogP contribution in [0.1, 0.15) is 55.4 Å². The Labute approximate surface area is 103 Å². The zero-order valence-corrected chi connectivity index (χ0v) is 13.4. The number of hydrogen-bond donors (Lipinski definition) is 0. The van der Waals surface area contributed by atoms with E-state index in [2.05, 4.69) is 55.4 Å². The average Bonchev–Trinajstić information content (AvgIpc) is 1.99. The highest BCUT2D eigenvalue weighted by Gasteiger charge is 2.51. The van der Waals surface area contributed by atoms with Gasteiger partial charge in [0.15, 0.2) is 0 Å². The summed E-state index contributed by atoms with van der Waals surface area (Å²) in [6.45, 7) is 19.2. The van der Waals surface area contributed by atoms with E-state index in [1.54, 1.807) is 0 Å². The summed E-state index contributed by atoms with van der Waals surface area (Å²) in [5.74, 6) is 0. The molecule has 0 aliphatic rings. The molecule has 98 valence electrons. The molecule has 0 aromatic rings. The largest absolute Gasteiger partial charge is 0.394 e. The second kappa shape index (κ2) is 5.65. The van der Waals surface area contributed by atoms with Gasteiger partial charge in [0.25, 0.3) is 0 Å². The molecule has 3 heteroatoms. The molecule has 0 aromatic carbocycles. The molecule has 0 aliphatic carbocycles. The van der Waals surface area contributed by atoms with Gasteiger partial charge in [0.1, 0.15) is 0 Å². The Bertz CT molecular complexity index is 195. The van der Waals surface area contributed by atoms with Gasteiger partial charge in [-0.05, 0) is 25.3 Å². The van der Waals surface area contributed by atoms with E-state index in [-0.39, 0.29) is 10.5 Å². The molecule has 0 saturated carbocycles. The highest BCUT2D eigenvalue weighted by molar-refractivity contribution is 6.70. The van der Waals surface area contributed by atoms with Crippen molar-refractivity contribution in [2.45, 2.75) is 66.5 Å². The van der Waals surface area contributed by atoms with Crippen molar-refractivity contribution in [3.8, 4) is 0 Å². The predicted octanol–water partition coefficient (Wildman–Crippen LogP) is 4.35. The van der Waals surface area contributed by atoms with Crippen LogP contribution in [0.4, 0.5) is 0 Å². The van der Waals surface area contributed by atoms with E-state index in [0.717, 1.165) is 19.3 Å². The first-order valence-electron chi connectivity index (χ1n) is 6.36. The maximum Gasteiger partial charge on any atom is 0.344 e. The van der Waals surface area contributed by atoms with Crippen molar-refractivity contribution in [1.82, 2.24) is 0 Å². The van der Waals surface area contributed by atoms with Crippen LogP contribution in [0.5, 0.6) is 0 Å². The summed E-state index contributed by atoms with van der Waals surface area (Å²) in [6, 6.07) is 1.05. The molecule has 0 aliphatic heterocycles. The van der Waals surface area contributed by atoms with Gasteiger partial charge in [0, 0.05) is 18.3 Å². The lowest BCUT2D eigenvalue weighted by atomic mass is 10.0. The molecular weight excluding hydrogens is 216 g/mol. The van der Waals surface area contributed by atoms with Gasteiger partial charge in [0.2, 0.25) is 0 Å². The smallest absolute Gasteiger partial charge is 0.344 e. The second-order valence-corrected chi connectivity index (χ2v) is 10.5. The zero-order valence-electron chi connectivity index (χ0n) is 12.4. The summed E-state index contributed by atoms with van der Waals surface area (Å²) in [6.07, 6.45) is 0. The Kier molecular flexibility index (Phi) is 5.70. The summed E-state index contributed by atoms with van der Waals surface area (Å²) >= 11 is 0. The molecule has 0 radical (unpaired) electrons. The van der Waals surface area contributed by atoms with Crippen molar-refractivity contribution in [3.05, 3.63) is 0 Å². The van der Waals surface area contributed by atoms with E-state index in [4.69, 9.17) is 8.85 Å². The minimum absolute atomic E-state index is 0.117. The second-order valence-electron chi connectivity index (χ2n) is 6.61. The normalized spacial score (nSPS) is 14.2. The summed E-state index contributed by atoms with van der Waals surface area (Å²) in [5, 5.41) is 0.117. The third kappa shape index (κ3) is 4.56. The fourth-order valence-electron chi connectivity index (χ4n) is 2.01. The lowest BCUT2D eigenvalue weighted by Crippen LogP contribution is -2.52. The molecule has 0 atom stereocenters. The van der Waals surface area contributed by atoms with Crippen LogP contribution in [0, 0.1) is 5.41 Å². The fourth-order valence-corrected chi connectivity index (χ4v) is 6.02. The third-order valence-electron chi connectivity index (χ3n) is 2.66. The van der Waals surface area contributed by atoms with Gasteiger partial charge < -0.3 is 8.85 Å². The lowest BCUT2D eigenvalue weighted by molar-refractivity contribution is 0.149. The lowest BCUT2D eigenvalue weighted by Gasteiger charge is -2.43. The van der Waals surface area contributed by atoms with Gasteiger partial charge in [-0.2, -0.15) is 0 Å². The van der Waals surface area contributed by atoms with E-state index in [0.29, 0.717) is 0 Å². The molecule has 0 unspecified atom stereocenters. The van der Waals surface area contributed by atoms with Gasteiger partial charge in [-0.3, -0.25) is 0 Å². The highest BCUT2D eigenvalue weighted by Crippen LogP contribution is 2.45. The molecular formula is C13H30O2Si. The number of hydrogen-bond acceptors (Lipinski definition) is 2. The van der Waals surface area contributed by atoms with Crippen LogP contribution >= 0.6 is 0 Å². The molecule has 0 fully saturated rings. The SMILES string of the molecule is CCO[Si](CC(C)(C)C)(OCC)C(C)(C)C. The molecule has 2 nitrogen and oxygen atoms in total. The van der Waals surface area contributed by atoms with Crippen LogP contribution in [0.2, 0.25) is 11.1 Å². The summed E-state index contributed by atoms with van der Waals surface area (Å²) < 4.78 is 12.3. The monoisotopic (exact) mass is 246 g/mol. The van der Waals surface area contributed by atoms with Crippen molar-refractivity contribution in [3.63, 3.8) is 0 Å². The average molecular weight is 246 g/mol. The molecule has 0 rings (SSSR count). The van der Waals surface area contributed by atoms with E-state index >= 15 is 0 Å². The molecule has 0 heterocycles. The van der Waals surface area contributed by atoms with E-state index in [1.807, 2.05) is 0 Å². The fraction of sp³-hybridized carbons (Fsp3) is 1.00. The Morgan fingerprint density at radius 1 is 0.812 bits per heavy atom. The third-order valence-corrected chi connectivity index (χ3v) is 7.98. The maximum absolute atomic E-state index is 6.13. The Balaban J connectivity index is 5.09. The molecule has 0 spiro atoms. The Hall–Kier alpha value is 0.137. The van der Waals surface area contributed by atoms with Crippen molar-refractivity contribution in [1.29, 1.82) is 0 Å². The summed E-state index contributed by atoms with van der Waals surface area (Å²) in [7, 11) is -2.13. The molecule has 16 heavy (non-hydrogen) atoms. The summed E-state index contributed by atoms with van der Waals surface area (Å²) in [4.78, 5) is 0. The quantitative estimate of drug-likeness (QED) is 0.672. The topological polar surface area (TPSA) is 18.5 Å². The van der Waals surface area contributed by atoms with E-state index in [1.165, 1.54) is 0 Å².